The molecule has 1 aliphatic carbocycles. The van der Waals surface area contributed by atoms with Crippen LogP contribution < -0.4 is 30.5 Å². The molecule has 3 aromatic carbocycles. The lowest BCUT2D eigenvalue weighted by atomic mass is 10.1. The van der Waals surface area contributed by atoms with Crippen LogP contribution in [0.25, 0.3) is 0 Å². The second-order valence-electron chi connectivity index (χ2n) is 12.3. The number of nitrogens with one attached hydrogen (secondary N) is 3. The van der Waals surface area contributed by atoms with Crippen molar-refractivity contribution in [1.29, 1.82) is 0 Å². The van der Waals surface area contributed by atoms with Crippen molar-refractivity contribution in [2.45, 2.75) is 51.6 Å². The molecule has 230 valence electrons. The van der Waals surface area contributed by atoms with Gasteiger partial charge in [0.2, 0.25) is 11.8 Å². The van der Waals surface area contributed by atoms with E-state index in [0.717, 1.165) is 55.0 Å². The maximum absolute atomic E-state index is 12.9. The average molecular weight is 596 g/mol. The van der Waals surface area contributed by atoms with Crippen LogP contribution in [0.4, 0.5) is 27.5 Å². The van der Waals surface area contributed by atoms with E-state index in [1.807, 2.05) is 79.7 Å². The molecule has 6 rings (SSSR count). The van der Waals surface area contributed by atoms with E-state index >= 15 is 0 Å². The molecule has 1 saturated carbocycles. The number of anilines is 4. The van der Waals surface area contributed by atoms with Gasteiger partial charge in [0.25, 0.3) is 0 Å². The van der Waals surface area contributed by atoms with Crippen molar-refractivity contribution < 1.29 is 19.1 Å². The molecule has 3 fully saturated rings. The van der Waals surface area contributed by atoms with Crippen molar-refractivity contribution >= 4 is 40.6 Å². The van der Waals surface area contributed by atoms with Crippen molar-refractivity contribution in [1.82, 2.24) is 5.32 Å². The lowest BCUT2D eigenvalue weighted by Crippen LogP contribution is -2.36. The Labute approximate surface area is 258 Å². The highest BCUT2D eigenvalue weighted by Gasteiger charge is 2.35. The fraction of sp³-hybridized carbons (Fsp3) is 0.400. The molecule has 2 unspecified atom stereocenters. The van der Waals surface area contributed by atoms with Crippen LogP contribution >= 0.6 is 0 Å². The van der Waals surface area contributed by atoms with Gasteiger partial charge in [0, 0.05) is 55.3 Å². The minimum absolute atomic E-state index is 0.00464. The summed E-state index contributed by atoms with van der Waals surface area (Å²) in [4.78, 5) is 42.0. The molecule has 0 aromatic heterocycles. The number of hydrogen-bond acceptors (Lipinski definition) is 5. The van der Waals surface area contributed by atoms with Crippen LogP contribution in [0.1, 0.15) is 44.1 Å². The van der Waals surface area contributed by atoms with Gasteiger partial charge in [0.05, 0.1) is 12.0 Å². The van der Waals surface area contributed by atoms with E-state index in [4.69, 9.17) is 4.74 Å². The largest absolute Gasteiger partial charge is 0.490 e. The average Bonchev–Trinajstić information content (AvgIpc) is 3.80. The van der Waals surface area contributed by atoms with Crippen LogP contribution in [-0.2, 0) is 9.59 Å². The minimum Gasteiger partial charge on any atom is -0.490 e. The van der Waals surface area contributed by atoms with Crippen LogP contribution in [0.2, 0.25) is 0 Å². The number of benzene rings is 3. The van der Waals surface area contributed by atoms with Gasteiger partial charge in [-0.2, -0.15) is 0 Å². The normalized spacial score (nSPS) is 20.2. The molecule has 3 aliphatic rings. The van der Waals surface area contributed by atoms with Gasteiger partial charge in [-0.1, -0.05) is 17.7 Å². The van der Waals surface area contributed by atoms with Gasteiger partial charge in [-0.3, -0.25) is 9.59 Å². The second-order valence-corrected chi connectivity index (χ2v) is 12.3. The van der Waals surface area contributed by atoms with E-state index in [2.05, 4.69) is 20.9 Å². The van der Waals surface area contributed by atoms with Crippen LogP contribution in [-0.4, -0.2) is 50.1 Å². The van der Waals surface area contributed by atoms with Crippen molar-refractivity contribution in [2.75, 3.05) is 46.6 Å². The third-order valence-electron chi connectivity index (χ3n) is 8.90. The van der Waals surface area contributed by atoms with Crippen LogP contribution in [0.15, 0.2) is 72.8 Å². The molecular weight excluding hydrogens is 554 g/mol. The van der Waals surface area contributed by atoms with Gasteiger partial charge < -0.3 is 30.5 Å². The van der Waals surface area contributed by atoms with Gasteiger partial charge in [-0.05, 0) is 106 Å². The minimum atomic E-state index is -0.325. The highest BCUT2D eigenvalue weighted by molar-refractivity contribution is 6.00. The zero-order valence-electron chi connectivity index (χ0n) is 25.3. The van der Waals surface area contributed by atoms with Gasteiger partial charge in [0.15, 0.2) is 0 Å². The lowest BCUT2D eigenvalue weighted by Gasteiger charge is -2.20. The Morgan fingerprint density at radius 3 is 2.14 bits per heavy atom. The summed E-state index contributed by atoms with van der Waals surface area (Å²) in [6.07, 6.45) is 6.20. The van der Waals surface area contributed by atoms with Gasteiger partial charge in [0.1, 0.15) is 5.75 Å². The number of carbonyl (C=O) groups excluding carboxylic acids is 3. The maximum atomic E-state index is 12.9. The van der Waals surface area contributed by atoms with E-state index < -0.39 is 0 Å². The lowest BCUT2D eigenvalue weighted by molar-refractivity contribution is -0.126. The van der Waals surface area contributed by atoms with E-state index in [1.54, 1.807) is 4.90 Å². The summed E-state index contributed by atoms with van der Waals surface area (Å²) in [7, 11) is 0. The molecule has 0 radical (unpaired) electrons. The third-order valence-corrected chi connectivity index (χ3v) is 8.90. The number of carbonyl (C=O) groups is 3. The molecule has 3 aromatic rings. The first-order chi connectivity index (χ1) is 21.4. The summed E-state index contributed by atoms with van der Waals surface area (Å²) in [6, 6.07) is 22.9. The number of nitrogens with zero attached hydrogens (tertiary/aromatic N) is 2. The fourth-order valence-electron chi connectivity index (χ4n) is 6.35. The Balaban J connectivity index is 0.923. The number of hydrogen-bond donors (Lipinski definition) is 3. The summed E-state index contributed by atoms with van der Waals surface area (Å²) in [5.74, 6) is 0.792. The van der Waals surface area contributed by atoms with Crippen molar-refractivity contribution in [2.24, 2.45) is 11.8 Å². The molecule has 0 spiro atoms. The molecule has 2 atom stereocenters. The van der Waals surface area contributed by atoms with Crippen LogP contribution in [0.3, 0.4) is 0 Å². The highest BCUT2D eigenvalue weighted by Crippen LogP contribution is 2.28. The summed E-state index contributed by atoms with van der Waals surface area (Å²) in [6.45, 7) is 4.77. The monoisotopic (exact) mass is 595 g/mol. The Morgan fingerprint density at radius 1 is 0.818 bits per heavy atom. The van der Waals surface area contributed by atoms with E-state index in [9.17, 15) is 14.4 Å². The summed E-state index contributed by atoms with van der Waals surface area (Å²) < 4.78 is 6.00. The molecule has 0 bridgehead atoms. The molecule has 2 saturated heterocycles. The molecule has 9 nitrogen and oxygen atoms in total. The summed E-state index contributed by atoms with van der Waals surface area (Å²) in [5.41, 5.74) is 4.48. The number of urea groups is 1. The number of ether oxygens (including phenoxy) is 1. The number of amides is 4. The van der Waals surface area contributed by atoms with Crippen molar-refractivity contribution in [3.63, 3.8) is 0 Å². The van der Waals surface area contributed by atoms with Gasteiger partial charge in [-0.25, -0.2) is 4.79 Å². The molecular formula is C35H41N5O4. The topological polar surface area (TPSA) is 103 Å². The summed E-state index contributed by atoms with van der Waals surface area (Å²) >= 11 is 0. The first kappa shape index (κ1) is 29.5. The molecule has 3 N–H and O–H groups in total. The van der Waals surface area contributed by atoms with Crippen LogP contribution in [0.5, 0.6) is 5.75 Å². The van der Waals surface area contributed by atoms with Gasteiger partial charge >= 0.3 is 6.03 Å². The van der Waals surface area contributed by atoms with E-state index in [-0.39, 0.29) is 30.2 Å². The highest BCUT2D eigenvalue weighted by atomic mass is 16.5. The Hall–Kier alpha value is -4.53. The number of rotatable bonds is 9. The van der Waals surface area contributed by atoms with Crippen molar-refractivity contribution in [3.05, 3.63) is 78.4 Å². The molecule has 2 aliphatic heterocycles. The zero-order valence-corrected chi connectivity index (χ0v) is 25.3. The Kier molecular flexibility index (Phi) is 9.00. The summed E-state index contributed by atoms with van der Waals surface area (Å²) in [5, 5.41) is 8.87. The molecule has 44 heavy (non-hydrogen) atoms. The quantitative estimate of drug-likeness (QED) is 0.284. The zero-order chi connectivity index (χ0) is 30.5. The second kappa shape index (κ2) is 13.4. The van der Waals surface area contributed by atoms with E-state index in [1.165, 1.54) is 12.8 Å². The molecule has 9 heteroatoms. The maximum Gasteiger partial charge on any atom is 0.323 e. The van der Waals surface area contributed by atoms with E-state index in [0.29, 0.717) is 36.5 Å². The predicted octanol–water partition coefficient (Wildman–Crippen LogP) is 5.96. The first-order valence-corrected chi connectivity index (χ1v) is 15.7. The smallest absolute Gasteiger partial charge is 0.323 e. The Bertz CT molecular complexity index is 1450. The SMILES string of the molecule is Cc1ccc(N2CC(C(=O)NCC3CCN(c4ccc(NC(=O)Nc5ccc(OC6CCCC6)cc5)cc4)C3)CC2=O)cc1. The molecule has 4 amide bonds. The third kappa shape index (κ3) is 7.33. The Morgan fingerprint density at radius 2 is 1.45 bits per heavy atom. The standard InChI is InChI=1S/C35H41N5O4/c1-24-6-12-30(13-7-24)40-23-26(20-33(40)41)34(42)36-21-25-18-19-39(22-25)29-14-8-27(9-15-29)37-35(43)38-28-10-16-32(17-11-28)44-31-4-2-3-5-31/h6-17,25-26,31H,2-5,18-23H2,1H3,(H,36,42)(H2,37,38,43). The van der Waals surface area contributed by atoms with Crippen molar-refractivity contribution in [3.8, 4) is 5.75 Å². The van der Waals surface area contributed by atoms with Gasteiger partial charge in [-0.15, -0.1) is 0 Å². The predicted molar refractivity (Wildman–Crippen MR) is 173 cm³/mol. The molecule has 2 heterocycles. The first-order valence-electron chi connectivity index (χ1n) is 15.7. The fourth-order valence-corrected chi connectivity index (χ4v) is 6.35. The number of aryl methyl sites for hydroxylation is 1. The van der Waals surface area contributed by atoms with Crippen LogP contribution in [0, 0.1) is 18.8 Å².